The summed E-state index contributed by atoms with van der Waals surface area (Å²) in [6.45, 7) is 5.06. The van der Waals surface area contributed by atoms with Gasteiger partial charge in [0.15, 0.2) is 0 Å². The van der Waals surface area contributed by atoms with Crippen LogP contribution in [-0.2, 0) is 42.2 Å². The second-order valence-electron chi connectivity index (χ2n) is 9.58. The second-order valence-corrected chi connectivity index (χ2v) is 11.9. The second kappa shape index (κ2) is 14.2. The number of rotatable bonds is 12. The van der Waals surface area contributed by atoms with Gasteiger partial charge in [0, 0.05) is 32.6 Å². The van der Waals surface area contributed by atoms with E-state index in [1.165, 1.54) is 14.2 Å². The Labute approximate surface area is 212 Å². The fraction of sp³-hybridized carbons (Fsp3) is 0.792. The molecule has 0 amide bonds. The molecule has 2 N–H and O–H groups in total. The summed E-state index contributed by atoms with van der Waals surface area (Å²) in [7, 11) is -0.855. The van der Waals surface area contributed by atoms with E-state index in [0.29, 0.717) is 32.1 Å². The van der Waals surface area contributed by atoms with Crippen molar-refractivity contribution in [1.82, 2.24) is 0 Å². The van der Waals surface area contributed by atoms with E-state index in [1.807, 2.05) is 0 Å². The molecule has 2 fully saturated rings. The zero-order valence-corrected chi connectivity index (χ0v) is 22.1. The van der Waals surface area contributed by atoms with Crippen molar-refractivity contribution in [3.63, 3.8) is 0 Å². The molecule has 0 aromatic carbocycles. The van der Waals surface area contributed by atoms with Gasteiger partial charge in [-0.3, -0.25) is 14.2 Å². The van der Waals surface area contributed by atoms with Crippen LogP contribution in [0.5, 0.6) is 0 Å². The highest BCUT2D eigenvalue weighted by Crippen LogP contribution is 2.48. The monoisotopic (exact) mass is 534 g/mol. The lowest BCUT2D eigenvalue weighted by atomic mass is 9.80. The Bertz CT molecular complexity index is 808. The summed E-state index contributed by atoms with van der Waals surface area (Å²) < 4.78 is 38.0. The molecule has 7 atom stereocenters. The number of aliphatic hydroxyl groups is 2. The van der Waals surface area contributed by atoms with Gasteiger partial charge in [-0.15, -0.1) is 0 Å². The molecule has 0 saturated heterocycles. The van der Waals surface area contributed by atoms with E-state index >= 15 is 0 Å². The van der Waals surface area contributed by atoms with Gasteiger partial charge in [-0.1, -0.05) is 13.5 Å². The molecular weight excluding hydrogens is 495 g/mol. The number of hydrogen-bond acceptors (Lipinski definition) is 11. The van der Waals surface area contributed by atoms with Crippen molar-refractivity contribution in [2.45, 2.75) is 63.8 Å². The van der Waals surface area contributed by atoms with Gasteiger partial charge in [0.1, 0.15) is 6.10 Å². The van der Waals surface area contributed by atoms with Gasteiger partial charge >= 0.3 is 25.5 Å². The Morgan fingerprint density at radius 1 is 1.00 bits per heavy atom. The number of esters is 3. The van der Waals surface area contributed by atoms with E-state index in [-0.39, 0.29) is 37.6 Å². The first kappa shape index (κ1) is 30.4. The minimum absolute atomic E-state index is 0.00405. The molecule has 0 radical (unpaired) electrons. The highest BCUT2D eigenvalue weighted by atomic mass is 31.2. The van der Waals surface area contributed by atoms with Gasteiger partial charge in [-0.2, -0.15) is 0 Å². The maximum atomic E-state index is 12.6. The molecule has 206 valence electrons. The van der Waals surface area contributed by atoms with Crippen molar-refractivity contribution in [1.29, 1.82) is 0 Å². The van der Waals surface area contributed by atoms with Gasteiger partial charge in [0.05, 0.1) is 43.4 Å². The third kappa shape index (κ3) is 8.95. The SMILES string of the molecule is C=CC(=O)OC1CC(C(=O)OCC2CCC(O)C(COC(=O)C(C)CP(=O)(OC)OC)C2)CCC1O. The molecule has 0 bridgehead atoms. The molecule has 2 saturated carbocycles. The molecule has 36 heavy (non-hydrogen) atoms. The van der Waals surface area contributed by atoms with E-state index < -0.39 is 55.7 Å². The third-order valence-corrected chi connectivity index (χ3v) is 9.04. The fourth-order valence-electron chi connectivity index (χ4n) is 4.61. The summed E-state index contributed by atoms with van der Waals surface area (Å²) in [6, 6.07) is 0. The van der Waals surface area contributed by atoms with Crippen molar-refractivity contribution in [2.24, 2.45) is 23.7 Å². The van der Waals surface area contributed by atoms with Crippen LogP contribution in [0.4, 0.5) is 0 Å². The maximum Gasteiger partial charge on any atom is 0.331 e. The Morgan fingerprint density at radius 3 is 2.31 bits per heavy atom. The summed E-state index contributed by atoms with van der Waals surface area (Å²) in [5, 5.41) is 20.4. The van der Waals surface area contributed by atoms with Gasteiger partial charge in [0.25, 0.3) is 0 Å². The predicted molar refractivity (Wildman–Crippen MR) is 128 cm³/mol. The quantitative estimate of drug-likeness (QED) is 0.164. The van der Waals surface area contributed by atoms with E-state index in [2.05, 4.69) is 6.58 Å². The third-order valence-electron chi connectivity index (χ3n) is 6.93. The van der Waals surface area contributed by atoms with Crippen LogP contribution < -0.4 is 0 Å². The molecule has 0 aromatic heterocycles. The highest BCUT2D eigenvalue weighted by molar-refractivity contribution is 7.53. The topological polar surface area (TPSA) is 155 Å². The smallest absolute Gasteiger partial charge is 0.331 e. The van der Waals surface area contributed by atoms with Crippen molar-refractivity contribution >= 4 is 25.5 Å². The van der Waals surface area contributed by atoms with Crippen molar-refractivity contribution in [3.05, 3.63) is 12.7 Å². The van der Waals surface area contributed by atoms with Crippen LogP contribution in [0.2, 0.25) is 0 Å². The first-order valence-electron chi connectivity index (χ1n) is 12.2. The van der Waals surface area contributed by atoms with Crippen molar-refractivity contribution in [3.8, 4) is 0 Å². The lowest BCUT2D eigenvalue weighted by Crippen LogP contribution is -2.40. The Morgan fingerprint density at radius 2 is 1.67 bits per heavy atom. The Hall–Kier alpha value is -1.78. The maximum absolute atomic E-state index is 12.6. The molecule has 7 unspecified atom stereocenters. The average Bonchev–Trinajstić information content (AvgIpc) is 2.87. The van der Waals surface area contributed by atoms with Crippen molar-refractivity contribution in [2.75, 3.05) is 33.6 Å². The molecule has 0 aromatic rings. The van der Waals surface area contributed by atoms with Crippen LogP contribution in [0.15, 0.2) is 12.7 Å². The van der Waals surface area contributed by atoms with Crippen LogP contribution in [-0.4, -0.2) is 80.0 Å². The van der Waals surface area contributed by atoms with Crippen LogP contribution in [0.3, 0.4) is 0 Å². The summed E-state index contributed by atoms with van der Waals surface area (Å²) in [6.07, 6.45) is 1.21. The number of ether oxygens (including phenoxy) is 3. The van der Waals surface area contributed by atoms with Gasteiger partial charge in [-0.05, 0) is 38.0 Å². The fourth-order valence-corrected chi connectivity index (χ4v) is 5.88. The number of aliphatic hydroxyl groups excluding tert-OH is 2. The zero-order chi connectivity index (χ0) is 26.9. The van der Waals surface area contributed by atoms with E-state index in [9.17, 15) is 29.2 Å². The van der Waals surface area contributed by atoms with Gasteiger partial charge in [-0.25, -0.2) is 4.79 Å². The molecule has 2 aliphatic carbocycles. The molecule has 2 rings (SSSR count). The first-order valence-corrected chi connectivity index (χ1v) is 14.0. The van der Waals surface area contributed by atoms with Crippen LogP contribution in [0.1, 0.15) is 45.4 Å². The summed E-state index contributed by atoms with van der Waals surface area (Å²) in [5.74, 6) is -3.15. The zero-order valence-electron chi connectivity index (χ0n) is 21.2. The molecule has 0 heterocycles. The van der Waals surface area contributed by atoms with Gasteiger partial charge < -0.3 is 33.5 Å². The molecule has 2 aliphatic rings. The lowest BCUT2D eigenvalue weighted by molar-refractivity contribution is -0.163. The standard InChI is InChI=1S/C24H39O11P/c1-5-22(27)35-21-11-17(7-9-20(21)26)24(29)33-12-16-6-8-19(25)18(10-16)13-34-23(28)15(2)14-36(30,31-3)32-4/h5,15-21,25-26H,1,6-14H2,2-4H3. The normalized spacial score (nSPS) is 29.6. The molecular formula is C24H39O11P. The first-order chi connectivity index (χ1) is 17.0. The van der Waals surface area contributed by atoms with Gasteiger partial charge in [0.2, 0.25) is 0 Å². The van der Waals surface area contributed by atoms with E-state index in [4.69, 9.17) is 23.3 Å². The lowest BCUT2D eigenvalue weighted by Gasteiger charge is -2.34. The van der Waals surface area contributed by atoms with E-state index in [0.717, 1.165) is 6.08 Å². The Kier molecular flexibility index (Phi) is 12.0. The highest BCUT2D eigenvalue weighted by Gasteiger charge is 2.37. The molecule has 0 spiro atoms. The summed E-state index contributed by atoms with van der Waals surface area (Å²) >= 11 is 0. The summed E-state index contributed by atoms with van der Waals surface area (Å²) in [5.41, 5.74) is 0. The van der Waals surface area contributed by atoms with Crippen LogP contribution in [0.25, 0.3) is 0 Å². The predicted octanol–water partition coefficient (Wildman–Crippen LogP) is 2.23. The van der Waals surface area contributed by atoms with Crippen LogP contribution in [0, 0.1) is 23.7 Å². The molecule has 12 heteroatoms. The average molecular weight is 535 g/mol. The number of hydrogen-bond donors (Lipinski definition) is 2. The van der Waals surface area contributed by atoms with Crippen molar-refractivity contribution < 1.29 is 52.4 Å². The van der Waals surface area contributed by atoms with E-state index in [1.54, 1.807) is 6.92 Å². The number of carbonyl (C=O) groups excluding carboxylic acids is 3. The molecule has 11 nitrogen and oxygen atoms in total. The minimum Gasteiger partial charge on any atom is -0.465 e. The molecule has 0 aliphatic heterocycles. The largest absolute Gasteiger partial charge is 0.465 e. The number of carbonyl (C=O) groups is 3. The van der Waals surface area contributed by atoms with Crippen LogP contribution >= 0.6 is 7.60 Å². The minimum atomic E-state index is -3.36. The summed E-state index contributed by atoms with van der Waals surface area (Å²) in [4.78, 5) is 36.4. The Balaban J connectivity index is 1.80.